The molecule has 68 valence electrons. The molecule has 0 aliphatic carbocycles. The summed E-state index contributed by atoms with van der Waals surface area (Å²) in [6.07, 6.45) is 1.84. The van der Waals surface area contributed by atoms with Gasteiger partial charge in [0.25, 0.3) is 0 Å². The average molecular weight is 177 g/mol. The van der Waals surface area contributed by atoms with Crippen molar-refractivity contribution in [2.24, 2.45) is 0 Å². The van der Waals surface area contributed by atoms with Crippen molar-refractivity contribution >= 4 is 11.8 Å². The first-order chi connectivity index (χ1) is 5.07. The molecule has 3 heteroatoms. The van der Waals surface area contributed by atoms with Crippen LogP contribution < -0.4 is 5.32 Å². The van der Waals surface area contributed by atoms with Gasteiger partial charge in [0.2, 0.25) is 0 Å². The molecule has 2 N–H and O–H groups in total. The van der Waals surface area contributed by atoms with Crippen LogP contribution in [0.5, 0.6) is 0 Å². The van der Waals surface area contributed by atoms with Gasteiger partial charge in [0.15, 0.2) is 0 Å². The maximum Gasteiger partial charge on any atom is 0.0662 e. The highest BCUT2D eigenvalue weighted by Gasteiger charge is 2.08. The molecule has 0 aromatic carbocycles. The van der Waals surface area contributed by atoms with E-state index in [2.05, 4.69) is 18.5 Å². The topological polar surface area (TPSA) is 32.3 Å². The first-order valence-electron chi connectivity index (χ1n) is 4.02. The summed E-state index contributed by atoms with van der Waals surface area (Å²) in [6, 6.07) is 0.199. The number of nitrogens with one attached hydrogen (secondary N) is 1. The Labute approximate surface area is 73.8 Å². The molecule has 3 unspecified atom stereocenters. The standard InChI is InChI=1S/C8H19NOS/c1-6(11-4)5-9-7(2)8(3)10/h6-10H,5H2,1-4H3. The fourth-order valence-electron chi connectivity index (χ4n) is 0.606. The van der Waals surface area contributed by atoms with Crippen LogP contribution in [0.25, 0.3) is 0 Å². The van der Waals surface area contributed by atoms with Crippen LogP contribution in [0, 0.1) is 0 Å². The fourth-order valence-corrected chi connectivity index (χ4v) is 0.869. The molecule has 0 saturated carbocycles. The second-order valence-electron chi connectivity index (χ2n) is 2.98. The minimum atomic E-state index is -0.260. The Kier molecular flexibility index (Phi) is 6.01. The molecule has 0 spiro atoms. The van der Waals surface area contributed by atoms with Crippen molar-refractivity contribution in [3.63, 3.8) is 0 Å². The monoisotopic (exact) mass is 177 g/mol. The van der Waals surface area contributed by atoms with E-state index < -0.39 is 0 Å². The van der Waals surface area contributed by atoms with Gasteiger partial charge < -0.3 is 10.4 Å². The van der Waals surface area contributed by atoms with Crippen LogP contribution in [0.15, 0.2) is 0 Å². The minimum Gasteiger partial charge on any atom is -0.392 e. The van der Waals surface area contributed by atoms with Crippen molar-refractivity contribution in [1.29, 1.82) is 0 Å². The lowest BCUT2D eigenvalue weighted by atomic mass is 10.2. The molecule has 0 saturated heterocycles. The van der Waals surface area contributed by atoms with Crippen molar-refractivity contribution < 1.29 is 5.11 Å². The van der Waals surface area contributed by atoms with E-state index in [1.165, 1.54) is 0 Å². The smallest absolute Gasteiger partial charge is 0.0662 e. The normalized spacial score (nSPS) is 19.4. The van der Waals surface area contributed by atoms with Crippen LogP contribution in [-0.4, -0.2) is 35.3 Å². The van der Waals surface area contributed by atoms with Gasteiger partial charge in [-0.15, -0.1) is 0 Å². The number of hydrogen-bond acceptors (Lipinski definition) is 3. The largest absolute Gasteiger partial charge is 0.392 e. The van der Waals surface area contributed by atoms with Crippen LogP contribution >= 0.6 is 11.8 Å². The number of aliphatic hydroxyl groups excluding tert-OH is 1. The molecule has 0 aromatic heterocycles. The van der Waals surface area contributed by atoms with E-state index >= 15 is 0 Å². The number of thioether (sulfide) groups is 1. The second-order valence-corrected chi connectivity index (χ2v) is 4.26. The Balaban J connectivity index is 3.37. The van der Waals surface area contributed by atoms with E-state index in [1.54, 1.807) is 6.92 Å². The summed E-state index contributed by atoms with van der Waals surface area (Å²) >= 11 is 1.83. The van der Waals surface area contributed by atoms with Gasteiger partial charge in [-0.05, 0) is 20.1 Å². The molecule has 0 aliphatic heterocycles. The SMILES string of the molecule is CSC(C)CNC(C)C(C)O. The molecule has 2 nitrogen and oxygen atoms in total. The predicted octanol–water partition coefficient (Wildman–Crippen LogP) is 1.10. The minimum absolute atomic E-state index is 0.199. The first-order valence-corrected chi connectivity index (χ1v) is 5.31. The van der Waals surface area contributed by atoms with E-state index in [0.717, 1.165) is 6.54 Å². The highest BCUT2D eigenvalue weighted by Crippen LogP contribution is 2.03. The lowest BCUT2D eigenvalue weighted by Gasteiger charge is -2.18. The third-order valence-corrected chi connectivity index (χ3v) is 2.82. The maximum atomic E-state index is 9.14. The van der Waals surface area contributed by atoms with Gasteiger partial charge in [-0.3, -0.25) is 0 Å². The summed E-state index contributed by atoms with van der Waals surface area (Å²) in [7, 11) is 0. The van der Waals surface area contributed by atoms with Crippen LogP contribution in [-0.2, 0) is 0 Å². The summed E-state index contributed by atoms with van der Waals surface area (Å²) in [4.78, 5) is 0. The van der Waals surface area contributed by atoms with Gasteiger partial charge in [-0.2, -0.15) is 11.8 Å². The predicted molar refractivity (Wildman–Crippen MR) is 52.1 cm³/mol. The van der Waals surface area contributed by atoms with Crippen molar-refractivity contribution in [2.75, 3.05) is 12.8 Å². The van der Waals surface area contributed by atoms with Crippen molar-refractivity contribution in [3.8, 4) is 0 Å². The Bertz CT molecular complexity index is 98.1. The van der Waals surface area contributed by atoms with Crippen molar-refractivity contribution in [3.05, 3.63) is 0 Å². The molecule has 0 rings (SSSR count). The molecule has 0 amide bonds. The van der Waals surface area contributed by atoms with Crippen LogP contribution in [0.4, 0.5) is 0 Å². The van der Waals surface area contributed by atoms with Gasteiger partial charge in [0.05, 0.1) is 6.10 Å². The maximum absolute atomic E-state index is 9.14. The quantitative estimate of drug-likeness (QED) is 0.659. The molecule has 3 atom stereocenters. The van der Waals surface area contributed by atoms with Crippen molar-refractivity contribution in [2.45, 2.75) is 38.2 Å². The second kappa shape index (κ2) is 5.86. The molecule has 0 aromatic rings. The number of aliphatic hydroxyl groups is 1. The number of rotatable bonds is 5. The molecule has 0 aliphatic rings. The molecule has 11 heavy (non-hydrogen) atoms. The van der Waals surface area contributed by atoms with E-state index in [0.29, 0.717) is 5.25 Å². The van der Waals surface area contributed by atoms with Gasteiger partial charge in [-0.25, -0.2) is 0 Å². The van der Waals surface area contributed by atoms with Gasteiger partial charge >= 0.3 is 0 Å². The highest BCUT2D eigenvalue weighted by molar-refractivity contribution is 7.99. The van der Waals surface area contributed by atoms with E-state index in [-0.39, 0.29) is 12.1 Å². The summed E-state index contributed by atoms with van der Waals surface area (Å²) in [6.45, 7) is 6.94. The Morgan fingerprint density at radius 2 is 1.91 bits per heavy atom. The van der Waals surface area contributed by atoms with Gasteiger partial charge in [0, 0.05) is 17.8 Å². The first kappa shape index (κ1) is 11.3. The third kappa shape index (κ3) is 5.53. The summed E-state index contributed by atoms with van der Waals surface area (Å²) in [5.41, 5.74) is 0. The van der Waals surface area contributed by atoms with E-state index in [1.807, 2.05) is 18.7 Å². The summed E-state index contributed by atoms with van der Waals surface area (Å²) < 4.78 is 0. The van der Waals surface area contributed by atoms with Gasteiger partial charge in [-0.1, -0.05) is 6.92 Å². The lowest BCUT2D eigenvalue weighted by Crippen LogP contribution is -2.38. The average Bonchev–Trinajstić information content (AvgIpc) is 1.99. The Hall–Kier alpha value is 0.270. The molecular weight excluding hydrogens is 158 g/mol. The van der Waals surface area contributed by atoms with Gasteiger partial charge in [0.1, 0.15) is 0 Å². The van der Waals surface area contributed by atoms with E-state index in [4.69, 9.17) is 5.11 Å². The zero-order chi connectivity index (χ0) is 8.85. The highest BCUT2D eigenvalue weighted by atomic mass is 32.2. The van der Waals surface area contributed by atoms with Crippen LogP contribution in [0.2, 0.25) is 0 Å². The molecule has 0 bridgehead atoms. The Morgan fingerprint density at radius 1 is 1.36 bits per heavy atom. The lowest BCUT2D eigenvalue weighted by molar-refractivity contribution is 0.153. The third-order valence-electron chi connectivity index (χ3n) is 1.85. The summed E-state index contributed by atoms with van der Waals surface area (Å²) in [5.74, 6) is 0. The van der Waals surface area contributed by atoms with Crippen LogP contribution in [0.3, 0.4) is 0 Å². The van der Waals surface area contributed by atoms with Crippen molar-refractivity contribution in [1.82, 2.24) is 5.32 Å². The molecular formula is C8H19NOS. The van der Waals surface area contributed by atoms with Crippen LogP contribution in [0.1, 0.15) is 20.8 Å². The fraction of sp³-hybridized carbons (Fsp3) is 1.00. The number of hydrogen-bond donors (Lipinski definition) is 2. The molecule has 0 heterocycles. The zero-order valence-corrected chi connectivity index (χ0v) is 8.61. The summed E-state index contributed by atoms with van der Waals surface area (Å²) in [5, 5.41) is 13.0. The molecule has 0 radical (unpaired) electrons. The van der Waals surface area contributed by atoms with E-state index in [9.17, 15) is 0 Å². The Morgan fingerprint density at radius 3 is 2.27 bits per heavy atom. The zero-order valence-electron chi connectivity index (χ0n) is 7.79. The molecule has 0 fully saturated rings.